The molecule has 0 spiro atoms. The predicted molar refractivity (Wildman–Crippen MR) is 128 cm³/mol. The standard InChI is InChI=1S/C23H19N7O4/c1-14(31)26-16-9-11-17(12-10-16)27-21-20(30(33)34)22(25-13-24-21)28-29-23(32)19-8-4-6-15-5-2-3-7-18(15)19/h2-13H,1H3,(H,26,31)(H,29,32)(H2,24,25,27,28). The molecular formula is C23H19N7O4. The highest BCUT2D eigenvalue weighted by atomic mass is 16.6. The van der Waals surface area contributed by atoms with Crippen molar-refractivity contribution >= 4 is 51.3 Å². The topological polar surface area (TPSA) is 151 Å². The molecule has 0 atom stereocenters. The van der Waals surface area contributed by atoms with Gasteiger partial charge in [0.05, 0.1) is 4.92 Å². The molecule has 11 nitrogen and oxygen atoms in total. The number of hydrogen-bond donors (Lipinski definition) is 4. The maximum Gasteiger partial charge on any atom is 0.355 e. The number of aromatic nitrogens is 2. The van der Waals surface area contributed by atoms with Crippen LogP contribution in [0.25, 0.3) is 10.8 Å². The lowest BCUT2D eigenvalue weighted by atomic mass is 10.0. The van der Waals surface area contributed by atoms with E-state index >= 15 is 0 Å². The Morgan fingerprint density at radius 3 is 2.29 bits per heavy atom. The lowest BCUT2D eigenvalue weighted by Crippen LogP contribution is -2.30. The molecule has 0 saturated carbocycles. The first-order valence-electron chi connectivity index (χ1n) is 10.1. The molecule has 1 heterocycles. The summed E-state index contributed by atoms with van der Waals surface area (Å²) >= 11 is 0. The highest BCUT2D eigenvalue weighted by Crippen LogP contribution is 2.31. The Hall–Kier alpha value is -5.06. The summed E-state index contributed by atoms with van der Waals surface area (Å²) in [6.45, 7) is 1.39. The van der Waals surface area contributed by atoms with E-state index in [4.69, 9.17) is 0 Å². The van der Waals surface area contributed by atoms with E-state index in [1.54, 1.807) is 36.4 Å². The quantitative estimate of drug-likeness (QED) is 0.240. The molecule has 0 aliphatic rings. The Labute approximate surface area is 193 Å². The average Bonchev–Trinajstić information content (AvgIpc) is 2.83. The monoisotopic (exact) mass is 457 g/mol. The summed E-state index contributed by atoms with van der Waals surface area (Å²) in [4.78, 5) is 42.9. The number of rotatable bonds is 7. The van der Waals surface area contributed by atoms with Crippen molar-refractivity contribution in [2.24, 2.45) is 0 Å². The second kappa shape index (κ2) is 9.61. The molecule has 4 rings (SSSR count). The Bertz CT molecular complexity index is 1380. The van der Waals surface area contributed by atoms with Crippen LogP contribution in [0, 0.1) is 10.1 Å². The van der Waals surface area contributed by atoms with Crippen molar-refractivity contribution in [3.05, 3.63) is 88.7 Å². The zero-order valence-electron chi connectivity index (χ0n) is 17.9. The lowest BCUT2D eigenvalue weighted by Gasteiger charge is -2.12. The molecule has 3 aromatic carbocycles. The van der Waals surface area contributed by atoms with Crippen LogP contribution in [0.2, 0.25) is 0 Å². The number of hydrogen-bond acceptors (Lipinski definition) is 8. The average molecular weight is 457 g/mol. The minimum absolute atomic E-state index is 0.0748. The Morgan fingerprint density at radius 1 is 0.882 bits per heavy atom. The minimum Gasteiger partial charge on any atom is -0.334 e. The summed E-state index contributed by atoms with van der Waals surface area (Å²) in [5.74, 6) is -0.957. The summed E-state index contributed by atoms with van der Waals surface area (Å²) in [5.41, 5.74) is 6.03. The fourth-order valence-electron chi connectivity index (χ4n) is 3.32. The van der Waals surface area contributed by atoms with Crippen LogP contribution >= 0.6 is 0 Å². The molecule has 0 fully saturated rings. The molecule has 170 valence electrons. The van der Waals surface area contributed by atoms with E-state index in [0.717, 1.165) is 17.1 Å². The molecule has 11 heteroatoms. The van der Waals surface area contributed by atoms with Gasteiger partial charge in [0.2, 0.25) is 17.5 Å². The van der Waals surface area contributed by atoms with E-state index < -0.39 is 16.5 Å². The van der Waals surface area contributed by atoms with Crippen LogP contribution in [-0.4, -0.2) is 26.7 Å². The largest absolute Gasteiger partial charge is 0.355 e. The van der Waals surface area contributed by atoms with Crippen molar-refractivity contribution in [1.82, 2.24) is 15.4 Å². The predicted octanol–water partition coefficient (Wildman–Crippen LogP) is 4.00. The van der Waals surface area contributed by atoms with Gasteiger partial charge >= 0.3 is 5.69 Å². The third-order valence-corrected chi connectivity index (χ3v) is 4.80. The highest BCUT2D eigenvalue weighted by Gasteiger charge is 2.24. The molecule has 0 saturated heterocycles. The van der Waals surface area contributed by atoms with Crippen molar-refractivity contribution in [2.75, 3.05) is 16.1 Å². The molecule has 1 aromatic heterocycles. The molecule has 0 radical (unpaired) electrons. The Morgan fingerprint density at radius 2 is 1.56 bits per heavy atom. The Balaban J connectivity index is 1.54. The van der Waals surface area contributed by atoms with E-state index in [0.29, 0.717) is 16.9 Å². The van der Waals surface area contributed by atoms with Gasteiger partial charge in [0.1, 0.15) is 6.33 Å². The van der Waals surface area contributed by atoms with Crippen molar-refractivity contribution in [1.29, 1.82) is 0 Å². The summed E-state index contributed by atoms with van der Waals surface area (Å²) in [6.07, 6.45) is 1.13. The van der Waals surface area contributed by atoms with Crippen molar-refractivity contribution in [3.8, 4) is 0 Å². The fraction of sp³-hybridized carbons (Fsp3) is 0.0435. The number of nitro groups is 1. The van der Waals surface area contributed by atoms with Crippen LogP contribution in [0.4, 0.5) is 28.7 Å². The van der Waals surface area contributed by atoms with Crippen LogP contribution in [0.5, 0.6) is 0 Å². The lowest BCUT2D eigenvalue weighted by molar-refractivity contribution is -0.383. The van der Waals surface area contributed by atoms with Crippen molar-refractivity contribution in [3.63, 3.8) is 0 Å². The van der Waals surface area contributed by atoms with E-state index in [1.807, 2.05) is 30.3 Å². The zero-order chi connectivity index (χ0) is 24.1. The first-order chi connectivity index (χ1) is 16.4. The van der Waals surface area contributed by atoms with Crippen LogP contribution < -0.4 is 21.5 Å². The summed E-state index contributed by atoms with van der Waals surface area (Å²) in [7, 11) is 0. The maximum absolute atomic E-state index is 12.8. The van der Waals surface area contributed by atoms with Gasteiger partial charge < -0.3 is 10.6 Å². The van der Waals surface area contributed by atoms with Gasteiger partial charge in [0, 0.05) is 23.9 Å². The van der Waals surface area contributed by atoms with Crippen LogP contribution in [0.3, 0.4) is 0 Å². The molecule has 0 bridgehead atoms. The van der Waals surface area contributed by atoms with Crippen molar-refractivity contribution < 1.29 is 14.5 Å². The van der Waals surface area contributed by atoms with Gasteiger partial charge in [-0.25, -0.2) is 9.97 Å². The van der Waals surface area contributed by atoms with Gasteiger partial charge in [-0.3, -0.25) is 30.6 Å². The van der Waals surface area contributed by atoms with Crippen LogP contribution in [0.1, 0.15) is 17.3 Å². The molecule has 0 aliphatic heterocycles. The smallest absolute Gasteiger partial charge is 0.334 e. The summed E-state index contributed by atoms with van der Waals surface area (Å²) in [5, 5.41) is 18.9. The number of carbonyl (C=O) groups excluding carboxylic acids is 2. The summed E-state index contributed by atoms with van der Waals surface area (Å²) < 4.78 is 0. The minimum atomic E-state index is -0.652. The number of amides is 2. The van der Waals surface area contributed by atoms with E-state index in [-0.39, 0.29) is 17.5 Å². The van der Waals surface area contributed by atoms with Gasteiger partial charge in [-0.15, -0.1) is 0 Å². The van der Waals surface area contributed by atoms with E-state index in [1.165, 1.54) is 6.92 Å². The SMILES string of the molecule is CC(=O)Nc1ccc(Nc2ncnc(NNC(=O)c3cccc4ccccc34)c2[N+](=O)[O-])cc1. The number of fused-ring (bicyclic) bond motifs is 1. The van der Waals surface area contributed by atoms with Gasteiger partial charge in [-0.2, -0.15) is 0 Å². The van der Waals surface area contributed by atoms with Crippen LogP contribution in [0.15, 0.2) is 73.1 Å². The molecular weight excluding hydrogens is 438 g/mol. The third-order valence-electron chi connectivity index (χ3n) is 4.80. The van der Waals surface area contributed by atoms with Crippen molar-refractivity contribution in [2.45, 2.75) is 6.92 Å². The number of hydrazine groups is 1. The van der Waals surface area contributed by atoms with Gasteiger partial charge in [0.25, 0.3) is 5.91 Å². The zero-order valence-corrected chi connectivity index (χ0v) is 17.9. The molecule has 0 unspecified atom stereocenters. The summed E-state index contributed by atoms with van der Waals surface area (Å²) in [6, 6.07) is 19.2. The van der Waals surface area contributed by atoms with Gasteiger partial charge in [-0.1, -0.05) is 36.4 Å². The van der Waals surface area contributed by atoms with E-state index in [9.17, 15) is 19.7 Å². The first-order valence-corrected chi connectivity index (χ1v) is 10.1. The third kappa shape index (κ3) is 4.88. The number of nitrogens with zero attached hydrogens (tertiary/aromatic N) is 3. The molecule has 0 aliphatic carbocycles. The second-order valence-corrected chi connectivity index (χ2v) is 7.17. The molecule has 2 amide bonds. The van der Waals surface area contributed by atoms with Gasteiger partial charge in [-0.05, 0) is 41.1 Å². The Kier molecular flexibility index (Phi) is 6.26. The second-order valence-electron chi connectivity index (χ2n) is 7.17. The normalized spacial score (nSPS) is 10.4. The molecule has 34 heavy (non-hydrogen) atoms. The number of carbonyl (C=O) groups is 2. The first kappa shape index (κ1) is 22.1. The number of benzene rings is 3. The molecule has 4 N–H and O–H groups in total. The highest BCUT2D eigenvalue weighted by molar-refractivity contribution is 6.07. The fourth-order valence-corrected chi connectivity index (χ4v) is 3.32. The maximum atomic E-state index is 12.8. The molecule has 4 aromatic rings. The van der Waals surface area contributed by atoms with E-state index in [2.05, 4.69) is 31.5 Å². The van der Waals surface area contributed by atoms with Gasteiger partial charge in [0.15, 0.2) is 0 Å². The number of nitrogens with one attached hydrogen (secondary N) is 4. The van der Waals surface area contributed by atoms with Crippen LogP contribution in [-0.2, 0) is 4.79 Å². The number of anilines is 4.